The van der Waals surface area contributed by atoms with Gasteiger partial charge in [-0.3, -0.25) is 0 Å². The van der Waals surface area contributed by atoms with Gasteiger partial charge in [0, 0.05) is 42.1 Å². The Balaban J connectivity index is 1.15. The Morgan fingerprint density at radius 3 is 1.98 bits per heavy atom. The van der Waals surface area contributed by atoms with E-state index in [1.54, 1.807) is 0 Å². The van der Waals surface area contributed by atoms with Crippen molar-refractivity contribution in [2.75, 3.05) is 0 Å². The zero-order chi connectivity index (χ0) is 31.6. The molecule has 0 aliphatic rings. The van der Waals surface area contributed by atoms with Crippen LogP contribution in [0.5, 0.6) is 0 Å². The molecule has 0 fully saturated rings. The molecule has 3 nitrogen and oxygen atoms in total. The van der Waals surface area contributed by atoms with Crippen molar-refractivity contribution >= 4 is 64.4 Å². The normalized spacial score (nSPS) is 11.8. The molecule has 4 heteroatoms. The zero-order valence-corrected chi connectivity index (χ0v) is 26.5. The Kier molecular flexibility index (Phi) is 6.05. The van der Waals surface area contributed by atoms with Crippen molar-refractivity contribution in [1.29, 1.82) is 0 Å². The molecule has 0 N–H and O–H groups in total. The van der Waals surface area contributed by atoms with E-state index < -0.39 is 0 Å². The molecule has 10 aromatic rings. The minimum absolute atomic E-state index is 0.679. The molecule has 0 saturated carbocycles. The number of hydrogen-bond acceptors (Lipinski definition) is 4. The predicted molar refractivity (Wildman–Crippen MR) is 201 cm³/mol. The number of furan rings is 1. The minimum atomic E-state index is 0.679. The van der Waals surface area contributed by atoms with Crippen LogP contribution in [0.3, 0.4) is 0 Å². The largest absolute Gasteiger partial charge is 0.451 e. The molecule has 224 valence electrons. The van der Waals surface area contributed by atoms with Crippen molar-refractivity contribution in [3.05, 3.63) is 158 Å². The van der Waals surface area contributed by atoms with Gasteiger partial charge in [0.05, 0.1) is 0 Å². The van der Waals surface area contributed by atoms with Gasteiger partial charge in [-0.2, -0.15) is 0 Å². The van der Waals surface area contributed by atoms with Crippen LogP contribution in [-0.2, 0) is 0 Å². The van der Waals surface area contributed by atoms with Gasteiger partial charge in [0.2, 0.25) is 0 Å². The van der Waals surface area contributed by atoms with Gasteiger partial charge in [-0.25, -0.2) is 9.97 Å². The lowest BCUT2D eigenvalue weighted by molar-refractivity contribution is 0.671. The Bertz CT molecular complexity index is 2850. The predicted octanol–water partition coefficient (Wildman–Crippen LogP) is 12.6. The summed E-state index contributed by atoms with van der Waals surface area (Å²) in [7, 11) is 0. The average Bonchev–Trinajstić information content (AvgIpc) is 3.74. The molecule has 0 aliphatic heterocycles. The van der Waals surface area contributed by atoms with E-state index in [0.29, 0.717) is 11.4 Å². The lowest BCUT2D eigenvalue weighted by atomic mass is 9.96. The Labute approximate surface area is 280 Å². The number of fused-ring (bicyclic) bond motifs is 8. The van der Waals surface area contributed by atoms with Crippen molar-refractivity contribution in [3.63, 3.8) is 0 Å². The van der Waals surface area contributed by atoms with Crippen molar-refractivity contribution in [2.24, 2.45) is 0 Å². The van der Waals surface area contributed by atoms with Gasteiger partial charge in [0.25, 0.3) is 0 Å². The van der Waals surface area contributed by atoms with E-state index >= 15 is 0 Å². The fraction of sp³-hybridized carbons (Fsp3) is 0. The zero-order valence-electron chi connectivity index (χ0n) is 25.7. The number of benzene rings is 7. The third kappa shape index (κ3) is 4.27. The molecule has 0 bridgehead atoms. The van der Waals surface area contributed by atoms with Crippen LogP contribution in [0.25, 0.3) is 97.9 Å². The lowest BCUT2D eigenvalue weighted by Crippen LogP contribution is -1.94. The molecule has 10 rings (SSSR count). The van der Waals surface area contributed by atoms with Crippen molar-refractivity contribution in [3.8, 4) is 44.9 Å². The molecule has 0 spiro atoms. The van der Waals surface area contributed by atoms with Gasteiger partial charge in [0.1, 0.15) is 16.8 Å². The standard InChI is InChI=1S/C44H26N2OS/c1-2-12-28(13-3-1)44-45-39(42-40(46-44)37-24-23-27-11-4-5-18-33(27)41(37)47-42)32-17-9-15-30(26-32)29-14-8-16-31(25-29)34-20-10-21-36-35-19-6-7-22-38(35)48-43(34)36/h1-26H. The smallest absolute Gasteiger partial charge is 0.180 e. The van der Waals surface area contributed by atoms with Crippen LogP contribution >= 0.6 is 11.3 Å². The van der Waals surface area contributed by atoms with E-state index in [2.05, 4.69) is 140 Å². The van der Waals surface area contributed by atoms with E-state index in [1.807, 2.05) is 29.5 Å². The molecule has 0 amide bonds. The Morgan fingerprint density at radius 1 is 0.438 bits per heavy atom. The van der Waals surface area contributed by atoms with Crippen LogP contribution in [-0.4, -0.2) is 9.97 Å². The van der Waals surface area contributed by atoms with Crippen LogP contribution in [0, 0.1) is 0 Å². The number of hydrogen-bond donors (Lipinski definition) is 0. The maximum Gasteiger partial charge on any atom is 0.180 e. The summed E-state index contributed by atoms with van der Waals surface area (Å²) in [5.74, 6) is 0.679. The summed E-state index contributed by atoms with van der Waals surface area (Å²) in [4.78, 5) is 10.3. The molecule has 3 heterocycles. The second kappa shape index (κ2) is 10.7. The third-order valence-corrected chi connectivity index (χ3v) is 10.5. The minimum Gasteiger partial charge on any atom is -0.451 e. The number of rotatable bonds is 4. The topological polar surface area (TPSA) is 38.9 Å². The summed E-state index contributed by atoms with van der Waals surface area (Å²) >= 11 is 1.86. The maximum atomic E-state index is 6.71. The van der Waals surface area contributed by atoms with Crippen LogP contribution in [0.15, 0.2) is 162 Å². The SMILES string of the molecule is c1ccc(-c2nc(-c3cccc(-c4cccc(-c5cccc6c5sc5ccccc56)c4)c3)c3oc4c5ccccc5ccc4c3n2)cc1. The molecule has 0 saturated heterocycles. The molecule has 3 aromatic heterocycles. The Morgan fingerprint density at radius 2 is 1.10 bits per heavy atom. The quantitative estimate of drug-likeness (QED) is 0.194. The fourth-order valence-electron chi connectivity index (χ4n) is 6.97. The first-order valence-corrected chi connectivity index (χ1v) is 16.9. The summed E-state index contributed by atoms with van der Waals surface area (Å²) in [6, 6.07) is 55.6. The van der Waals surface area contributed by atoms with Gasteiger partial charge in [-0.15, -0.1) is 11.3 Å². The summed E-state index contributed by atoms with van der Waals surface area (Å²) < 4.78 is 9.34. The first kappa shape index (κ1) is 27.1. The molecule has 0 radical (unpaired) electrons. The molecule has 0 unspecified atom stereocenters. The molecular formula is C44H26N2OS. The van der Waals surface area contributed by atoms with Crippen molar-refractivity contribution < 1.29 is 4.42 Å². The first-order chi connectivity index (χ1) is 23.8. The summed E-state index contributed by atoms with van der Waals surface area (Å²) in [5, 5.41) is 5.81. The van der Waals surface area contributed by atoms with Gasteiger partial charge in [0.15, 0.2) is 11.4 Å². The van der Waals surface area contributed by atoms with Crippen molar-refractivity contribution in [2.45, 2.75) is 0 Å². The summed E-state index contributed by atoms with van der Waals surface area (Å²) in [6.45, 7) is 0. The monoisotopic (exact) mass is 630 g/mol. The number of thiophene rings is 1. The first-order valence-electron chi connectivity index (χ1n) is 16.1. The van der Waals surface area contributed by atoms with Gasteiger partial charge in [-0.1, -0.05) is 133 Å². The average molecular weight is 631 g/mol. The van der Waals surface area contributed by atoms with E-state index in [1.165, 1.54) is 31.3 Å². The van der Waals surface area contributed by atoms with Crippen LogP contribution in [0.4, 0.5) is 0 Å². The number of aromatic nitrogens is 2. The second-order valence-corrected chi connectivity index (χ2v) is 13.2. The molecule has 7 aromatic carbocycles. The highest BCUT2D eigenvalue weighted by atomic mass is 32.1. The van der Waals surface area contributed by atoms with Crippen LogP contribution in [0.1, 0.15) is 0 Å². The third-order valence-electron chi connectivity index (χ3n) is 9.28. The van der Waals surface area contributed by atoms with E-state index in [9.17, 15) is 0 Å². The number of nitrogens with zero attached hydrogens (tertiary/aromatic N) is 2. The highest BCUT2D eigenvalue weighted by molar-refractivity contribution is 7.26. The fourth-order valence-corrected chi connectivity index (χ4v) is 8.21. The van der Waals surface area contributed by atoms with E-state index in [-0.39, 0.29) is 0 Å². The molecule has 48 heavy (non-hydrogen) atoms. The maximum absolute atomic E-state index is 6.71. The van der Waals surface area contributed by atoms with Crippen LogP contribution < -0.4 is 0 Å². The van der Waals surface area contributed by atoms with Gasteiger partial charge < -0.3 is 4.42 Å². The summed E-state index contributed by atoms with van der Waals surface area (Å²) in [6.07, 6.45) is 0. The summed E-state index contributed by atoms with van der Waals surface area (Å²) in [5.41, 5.74) is 9.82. The molecular weight excluding hydrogens is 605 g/mol. The van der Waals surface area contributed by atoms with Gasteiger partial charge >= 0.3 is 0 Å². The molecule has 0 atom stereocenters. The van der Waals surface area contributed by atoms with Crippen molar-refractivity contribution in [1.82, 2.24) is 9.97 Å². The van der Waals surface area contributed by atoms with Gasteiger partial charge in [-0.05, 0) is 51.9 Å². The van der Waals surface area contributed by atoms with E-state index in [4.69, 9.17) is 14.4 Å². The Hall–Kier alpha value is -6.10. The highest BCUT2D eigenvalue weighted by Crippen LogP contribution is 2.42. The lowest BCUT2D eigenvalue weighted by Gasteiger charge is -2.10. The molecule has 0 aliphatic carbocycles. The highest BCUT2D eigenvalue weighted by Gasteiger charge is 2.20. The van der Waals surface area contributed by atoms with E-state index in [0.717, 1.165) is 55.2 Å². The van der Waals surface area contributed by atoms with Crippen LogP contribution in [0.2, 0.25) is 0 Å². The second-order valence-electron chi connectivity index (χ2n) is 12.1.